The quantitative estimate of drug-likeness (QED) is 0.426. The van der Waals surface area contributed by atoms with E-state index in [4.69, 9.17) is 0 Å². The second kappa shape index (κ2) is 8.80. The van der Waals surface area contributed by atoms with Crippen LogP contribution in [0.25, 0.3) is 0 Å². The van der Waals surface area contributed by atoms with Crippen molar-refractivity contribution < 1.29 is 4.79 Å². The minimum atomic E-state index is 0. The van der Waals surface area contributed by atoms with Crippen LogP contribution in [-0.2, 0) is 4.79 Å². The molecule has 0 heterocycles. The van der Waals surface area contributed by atoms with E-state index in [9.17, 15) is 4.79 Å². The Morgan fingerprint density at radius 3 is 2.57 bits per heavy atom. The molecule has 0 spiro atoms. The van der Waals surface area contributed by atoms with Gasteiger partial charge in [0, 0.05) is 27.2 Å². The summed E-state index contributed by atoms with van der Waals surface area (Å²) < 4.78 is 0. The standard InChI is InChI=1S/C15H28N4O.HI/c1-16-15(17-10-14(20)19(2)3)18-13-8-7-11-5-4-6-12(11)9-13;/h11-13H,4-10H2,1-3H3,(H2,16,17,18);1H. The van der Waals surface area contributed by atoms with Crippen LogP contribution in [0.3, 0.4) is 0 Å². The summed E-state index contributed by atoms with van der Waals surface area (Å²) in [5.41, 5.74) is 0. The van der Waals surface area contributed by atoms with E-state index in [-0.39, 0.29) is 29.9 Å². The number of nitrogens with zero attached hydrogens (tertiary/aromatic N) is 2. The number of fused-ring (bicyclic) bond motifs is 1. The van der Waals surface area contributed by atoms with Crippen LogP contribution < -0.4 is 10.6 Å². The van der Waals surface area contributed by atoms with E-state index < -0.39 is 0 Å². The van der Waals surface area contributed by atoms with E-state index in [1.165, 1.54) is 38.5 Å². The third kappa shape index (κ3) is 5.30. The molecule has 122 valence electrons. The lowest BCUT2D eigenvalue weighted by atomic mass is 9.79. The summed E-state index contributed by atoms with van der Waals surface area (Å²) >= 11 is 0. The molecule has 2 aliphatic rings. The van der Waals surface area contributed by atoms with Crippen LogP contribution in [0.1, 0.15) is 38.5 Å². The number of carbonyl (C=O) groups is 1. The topological polar surface area (TPSA) is 56.7 Å². The van der Waals surface area contributed by atoms with Gasteiger partial charge in [-0.2, -0.15) is 0 Å². The molecule has 2 rings (SSSR count). The predicted molar refractivity (Wildman–Crippen MR) is 97.1 cm³/mol. The first-order chi connectivity index (χ1) is 9.60. The molecule has 6 heteroatoms. The molecule has 0 saturated heterocycles. The molecular formula is C15H29IN4O. The normalized spacial score (nSPS) is 28.3. The molecule has 2 fully saturated rings. The zero-order valence-corrected chi connectivity index (χ0v) is 15.7. The average molecular weight is 408 g/mol. The van der Waals surface area contributed by atoms with E-state index in [0.717, 1.165) is 17.8 Å². The number of halogens is 1. The first-order valence-corrected chi connectivity index (χ1v) is 7.77. The number of nitrogens with one attached hydrogen (secondary N) is 2. The molecule has 0 aromatic carbocycles. The number of likely N-dealkylation sites (N-methyl/N-ethyl adjacent to an activating group) is 1. The highest BCUT2D eigenvalue weighted by Crippen LogP contribution is 2.41. The number of amides is 1. The number of hydrogen-bond acceptors (Lipinski definition) is 2. The molecule has 3 atom stereocenters. The van der Waals surface area contributed by atoms with E-state index in [2.05, 4.69) is 15.6 Å². The van der Waals surface area contributed by atoms with Gasteiger partial charge in [0.25, 0.3) is 0 Å². The minimum absolute atomic E-state index is 0. The lowest BCUT2D eigenvalue weighted by Gasteiger charge is -2.33. The van der Waals surface area contributed by atoms with Gasteiger partial charge < -0.3 is 15.5 Å². The number of rotatable bonds is 3. The van der Waals surface area contributed by atoms with Gasteiger partial charge in [-0.25, -0.2) is 0 Å². The zero-order chi connectivity index (χ0) is 14.5. The van der Waals surface area contributed by atoms with Gasteiger partial charge in [-0.1, -0.05) is 19.3 Å². The van der Waals surface area contributed by atoms with Crippen LogP contribution in [0.2, 0.25) is 0 Å². The fourth-order valence-electron chi connectivity index (χ4n) is 3.54. The second-order valence-corrected chi connectivity index (χ2v) is 6.32. The van der Waals surface area contributed by atoms with E-state index in [1.807, 2.05) is 0 Å². The molecule has 0 aromatic heterocycles. The third-order valence-electron chi connectivity index (χ3n) is 4.76. The van der Waals surface area contributed by atoms with Crippen LogP contribution >= 0.6 is 24.0 Å². The van der Waals surface area contributed by atoms with E-state index in [0.29, 0.717) is 12.6 Å². The van der Waals surface area contributed by atoms with Gasteiger partial charge in [0.15, 0.2) is 5.96 Å². The van der Waals surface area contributed by atoms with Crippen LogP contribution in [0, 0.1) is 11.8 Å². The largest absolute Gasteiger partial charge is 0.354 e. The summed E-state index contributed by atoms with van der Waals surface area (Å²) in [6, 6.07) is 0.509. The molecule has 2 N–H and O–H groups in total. The summed E-state index contributed by atoms with van der Waals surface area (Å²) in [5.74, 6) is 2.69. The lowest BCUT2D eigenvalue weighted by Crippen LogP contribution is -2.48. The van der Waals surface area contributed by atoms with Gasteiger partial charge in [-0.3, -0.25) is 9.79 Å². The van der Waals surface area contributed by atoms with Gasteiger partial charge in [-0.05, 0) is 31.1 Å². The van der Waals surface area contributed by atoms with Crippen molar-refractivity contribution in [3.8, 4) is 0 Å². The minimum Gasteiger partial charge on any atom is -0.354 e. The monoisotopic (exact) mass is 408 g/mol. The Morgan fingerprint density at radius 1 is 1.19 bits per heavy atom. The predicted octanol–water partition coefficient (Wildman–Crippen LogP) is 1.83. The second-order valence-electron chi connectivity index (χ2n) is 6.32. The van der Waals surface area contributed by atoms with Crippen molar-refractivity contribution in [2.75, 3.05) is 27.7 Å². The highest BCUT2D eigenvalue weighted by molar-refractivity contribution is 14.0. The molecule has 0 bridgehead atoms. The lowest BCUT2D eigenvalue weighted by molar-refractivity contribution is -0.127. The molecule has 0 radical (unpaired) electrons. The smallest absolute Gasteiger partial charge is 0.241 e. The fraction of sp³-hybridized carbons (Fsp3) is 0.867. The van der Waals surface area contributed by atoms with E-state index >= 15 is 0 Å². The van der Waals surface area contributed by atoms with Crippen molar-refractivity contribution in [1.29, 1.82) is 0 Å². The maximum absolute atomic E-state index is 11.6. The highest BCUT2D eigenvalue weighted by Gasteiger charge is 2.33. The van der Waals surface area contributed by atoms with Crippen LogP contribution in [0.15, 0.2) is 4.99 Å². The number of guanidine groups is 1. The summed E-state index contributed by atoms with van der Waals surface area (Å²) in [6.45, 7) is 0.297. The van der Waals surface area contributed by atoms with Crippen molar-refractivity contribution in [1.82, 2.24) is 15.5 Å². The maximum atomic E-state index is 11.6. The summed E-state index contributed by atoms with van der Waals surface area (Å²) in [4.78, 5) is 17.4. The van der Waals surface area contributed by atoms with Gasteiger partial charge in [0.2, 0.25) is 5.91 Å². The van der Waals surface area contributed by atoms with Crippen LogP contribution in [0.5, 0.6) is 0 Å². The molecule has 2 saturated carbocycles. The molecule has 21 heavy (non-hydrogen) atoms. The summed E-state index contributed by atoms with van der Waals surface area (Å²) in [5, 5.41) is 6.59. The van der Waals surface area contributed by atoms with E-state index in [1.54, 1.807) is 26.0 Å². The van der Waals surface area contributed by atoms with Crippen LogP contribution in [0.4, 0.5) is 0 Å². The third-order valence-corrected chi connectivity index (χ3v) is 4.76. The molecule has 3 unspecified atom stereocenters. The van der Waals surface area contributed by atoms with Crippen molar-refractivity contribution in [3.05, 3.63) is 0 Å². The van der Waals surface area contributed by atoms with Crippen molar-refractivity contribution in [2.24, 2.45) is 16.8 Å². The SMILES string of the molecule is CN=C(NCC(=O)N(C)C)NC1CCC2CCCC2C1.I. The molecule has 5 nitrogen and oxygen atoms in total. The maximum Gasteiger partial charge on any atom is 0.241 e. The molecule has 0 aromatic rings. The Bertz CT molecular complexity index is 373. The van der Waals surface area contributed by atoms with Crippen molar-refractivity contribution >= 4 is 35.8 Å². The number of aliphatic imine (C=N–C) groups is 1. The average Bonchev–Trinajstić information content (AvgIpc) is 2.90. The Balaban J connectivity index is 0.00000220. The van der Waals surface area contributed by atoms with Gasteiger partial charge in [-0.15, -0.1) is 24.0 Å². The molecular weight excluding hydrogens is 379 g/mol. The Labute approximate surface area is 145 Å². The highest BCUT2D eigenvalue weighted by atomic mass is 127. The van der Waals surface area contributed by atoms with Crippen molar-refractivity contribution in [2.45, 2.75) is 44.6 Å². The van der Waals surface area contributed by atoms with Gasteiger partial charge in [0.1, 0.15) is 0 Å². The molecule has 2 aliphatic carbocycles. The Kier molecular flexibility index (Phi) is 7.76. The van der Waals surface area contributed by atoms with Gasteiger partial charge >= 0.3 is 0 Å². The molecule has 1 amide bonds. The molecule has 0 aliphatic heterocycles. The van der Waals surface area contributed by atoms with Crippen LogP contribution in [-0.4, -0.2) is 50.5 Å². The van der Waals surface area contributed by atoms with Gasteiger partial charge in [0.05, 0.1) is 6.54 Å². The van der Waals surface area contributed by atoms with Crippen molar-refractivity contribution in [3.63, 3.8) is 0 Å². The zero-order valence-electron chi connectivity index (χ0n) is 13.4. The summed E-state index contributed by atoms with van der Waals surface area (Å²) in [7, 11) is 5.29. The first-order valence-electron chi connectivity index (χ1n) is 7.77. The first kappa shape index (κ1) is 18.5. The number of carbonyl (C=O) groups excluding carboxylic acids is 1. The number of hydrogen-bond donors (Lipinski definition) is 2. The Hall–Kier alpha value is -0.530. The summed E-state index contributed by atoms with van der Waals surface area (Å²) in [6.07, 6.45) is 8.06. The fourth-order valence-corrected chi connectivity index (χ4v) is 3.54. The Morgan fingerprint density at radius 2 is 1.90 bits per heavy atom.